The number of nitrogens with one attached hydrogen (secondary N) is 1. The van der Waals surface area contributed by atoms with Crippen molar-refractivity contribution in [3.8, 4) is 5.75 Å². The number of hydrogen-bond acceptors (Lipinski definition) is 6. The number of piperazine rings is 1. The number of amides is 2. The Balaban J connectivity index is 1.22. The zero-order valence-corrected chi connectivity index (χ0v) is 25.4. The first kappa shape index (κ1) is 31.7. The molecule has 0 atom stereocenters. The summed E-state index contributed by atoms with van der Waals surface area (Å²) in [7, 11) is 1.99. The minimum Gasteiger partial charge on any atom is -0.490 e. The molecule has 234 valence electrons. The summed E-state index contributed by atoms with van der Waals surface area (Å²) in [6.45, 7) is 5.98. The summed E-state index contributed by atoms with van der Waals surface area (Å²) in [4.78, 5) is 35.8. The molecule has 1 N–H and O–H groups in total. The number of ether oxygens (including phenoxy) is 1. The molecule has 2 aliphatic heterocycles. The highest BCUT2D eigenvalue weighted by Gasteiger charge is 2.35. The highest BCUT2D eigenvalue weighted by Crippen LogP contribution is 2.34. The SMILES string of the molecule is Cc1ccc(NC(=O)c2ccc(CN3CCN(C)CC3)c(C(F)(F)F)c2)cc1OC1CCN(C(=O)c2cccnc2Cl)CC1. The van der Waals surface area contributed by atoms with Gasteiger partial charge in [-0.05, 0) is 55.4 Å². The molecule has 3 heterocycles. The van der Waals surface area contributed by atoms with Crippen LogP contribution >= 0.6 is 11.6 Å². The summed E-state index contributed by atoms with van der Waals surface area (Å²) >= 11 is 6.09. The summed E-state index contributed by atoms with van der Waals surface area (Å²) in [5.74, 6) is -0.262. The first-order chi connectivity index (χ1) is 21.0. The Labute approximate surface area is 259 Å². The second-order valence-corrected chi connectivity index (χ2v) is 11.7. The monoisotopic (exact) mass is 629 g/mol. The van der Waals surface area contributed by atoms with Gasteiger partial charge in [0.15, 0.2) is 0 Å². The number of carbonyl (C=O) groups is 2. The minimum absolute atomic E-state index is 0.0757. The number of hydrogen-bond donors (Lipinski definition) is 1. The van der Waals surface area contributed by atoms with E-state index < -0.39 is 17.6 Å². The highest BCUT2D eigenvalue weighted by molar-refractivity contribution is 6.32. The first-order valence-electron chi connectivity index (χ1n) is 14.6. The molecule has 2 saturated heterocycles. The largest absolute Gasteiger partial charge is 0.490 e. The van der Waals surface area contributed by atoms with Gasteiger partial charge in [-0.3, -0.25) is 14.5 Å². The van der Waals surface area contributed by atoms with E-state index in [1.54, 1.807) is 35.2 Å². The number of anilines is 1. The number of piperidine rings is 1. The van der Waals surface area contributed by atoms with E-state index in [1.807, 2.05) is 18.9 Å². The zero-order valence-electron chi connectivity index (χ0n) is 24.7. The van der Waals surface area contributed by atoms with Gasteiger partial charge in [-0.25, -0.2) is 4.98 Å². The number of aryl methyl sites for hydroxylation is 1. The van der Waals surface area contributed by atoms with Gasteiger partial charge in [0.1, 0.15) is 17.0 Å². The molecule has 3 aromatic rings. The van der Waals surface area contributed by atoms with Gasteiger partial charge in [-0.2, -0.15) is 13.2 Å². The molecular formula is C32H35ClF3N5O3. The normalized spacial score (nSPS) is 17.0. The molecule has 1 aromatic heterocycles. The second-order valence-electron chi connectivity index (χ2n) is 11.3. The van der Waals surface area contributed by atoms with Crippen molar-refractivity contribution >= 4 is 29.1 Å². The van der Waals surface area contributed by atoms with Gasteiger partial charge in [0.25, 0.3) is 11.8 Å². The molecule has 44 heavy (non-hydrogen) atoms. The van der Waals surface area contributed by atoms with Crippen LogP contribution in [-0.4, -0.2) is 83.9 Å². The van der Waals surface area contributed by atoms with Gasteiger partial charge in [0, 0.05) is 82.2 Å². The van der Waals surface area contributed by atoms with Crippen LogP contribution in [0.25, 0.3) is 0 Å². The summed E-state index contributed by atoms with van der Waals surface area (Å²) in [5.41, 5.74) is 0.891. The third-order valence-electron chi connectivity index (χ3n) is 8.13. The van der Waals surface area contributed by atoms with Crippen molar-refractivity contribution in [3.63, 3.8) is 0 Å². The number of aromatic nitrogens is 1. The number of rotatable bonds is 7. The Kier molecular flexibility index (Phi) is 9.77. The van der Waals surface area contributed by atoms with Crippen molar-refractivity contribution in [2.75, 3.05) is 51.6 Å². The van der Waals surface area contributed by atoms with Gasteiger partial charge in [0.2, 0.25) is 0 Å². The summed E-state index contributed by atoms with van der Waals surface area (Å²) in [6, 6.07) is 12.2. The number of alkyl halides is 3. The molecule has 2 amide bonds. The first-order valence-corrected chi connectivity index (χ1v) is 14.9. The van der Waals surface area contributed by atoms with Gasteiger partial charge >= 0.3 is 6.18 Å². The zero-order chi connectivity index (χ0) is 31.4. The summed E-state index contributed by atoms with van der Waals surface area (Å²) in [6.07, 6.45) is -2.02. The van der Waals surface area contributed by atoms with E-state index in [4.69, 9.17) is 16.3 Å². The van der Waals surface area contributed by atoms with Crippen molar-refractivity contribution in [3.05, 3.63) is 87.7 Å². The van der Waals surface area contributed by atoms with Crippen LogP contribution < -0.4 is 10.1 Å². The maximum Gasteiger partial charge on any atom is 0.416 e. The number of halogens is 4. The maximum atomic E-state index is 14.0. The molecule has 2 fully saturated rings. The van der Waals surface area contributed by atoms with Crippen molar-refractivity contribution in [1.82, 2.24) is 19.7 Å². The number of benzene rings is 2. The maximum absolute atomic E-state index is 14.0. The van der Waals surface area contributed by atoms with E-state index in [2.05, 4.69) is 15.2 Å². The number of carbonyl (C=O) groups excluding carboxylic acids is 2. The predicted molar refractivity (Wildman–Crippen MR) is 162 cm³/mol. The third-order valence-corrected chi connectivity index (χ3v) is 8.43. The molecular weight excluding hydrogens is 595 g/mol. The topological polar surface area (TPSA) is 78.0 Å². The molecule has 2 aliphatic rings. The fourth-order valence-corrected chi connectivity index (χ4v) is 5.65. The van der Waals surface area contributed by atoms with Crippen LogP contribution in [0.2, 0.25) is 5.15 Å². The number of likely N-dealkylation sites (N-methyl/N-ethyl adjacent to an activating group) is 1. The fourth-order valence-electron chi connectivity index (χ4n) is 5.45. The van der Waals surface area contributed by atoms with Crippen LogP contribution in [-0.2, 0) is 12.7 Å². The van der Waals surface area contributed by atoms with Crippen LogP contribution in [0, 0.1) is 6.92 Å². The highest BCUT2D eigenvalue weighted by atomic mass is 35.5. The van der Waals surface area contributed by atoms with Crippen LogP contribution in [0.5, 0.6) is 5.75 Å². The molecule has 8 nitrogen and oxygen atoms in total. The van der Waals surface area contributed by atoms with E-state index in [0.29, 0.717) is 56.0 Å². The Bertz CT molecular complexity index is 1500. The van der Waals surface area contributed by atoms with Crippen LogP contribution in [0.1, 0.15) is 50.2 Å². The Morgan fingerprint density at radius 2 is 1.75 bits per heavy atom. The van der Waals surface area contributed by atoms with Crippen molar-refractivity contribution in [2.24, 2.45) is 0 Å². The molecule has 0 saturated carbocycles. The van der Waals surface area contributed by atoms with Crippen molar-refractivity contribution in [1.29, 1.82) is 0 Å². The van der Waals surface area contributed by atoms with Crippen molar-refractivity contribution < 1.29 is 27.5 Å². The lowest BCUT2D eigenvalue weighted by atomic mass is 10.0. The molecule has 0 aliphatic carbocycles. The molecule has 0 bridgehead atoms. The number of nitrogens with zero attached hydrogens (tertiary/aromatic N) is 4. The Morgan fingerprint density at radius 3 is 2.43 bits per heavy atom. The lowest BCUT2D eigenvalue weighted by Gasteiger charge is -2.33. The summed E-state index contributed by atoms with van der Waals surface area (Å²) < 4.78 is 48.3. The van der Waals surface area contributed by atoms with E-state index in [-0.39, 0.29) is 34.8 Å². The smallest absolute Gasteiger partial charge is 0.416 e. The number of likely N-dealkylation sites (tertiary alicyclic amines) is 1. The summed E-state index contributed by atoms with van der Waals surface area (Å²) in [5, 5.41) is 2.89. The van der Waals surface area contributed by atoms with E-state index in [9.17, 15) is 22.8 Å². The standard InChI is InChI=1S/C32H35ClF3N5O3/c1-21-5-8-24(19-28(21)44-25-9-12-41(13-10-25)31(43)26-4-3-11-37-29(26)33)38-30(42)22-6-7-23(27(18-22)32(34,35)36)20-40-16-14-39(2)15-17-40/h3-8,11,18-19,25H,9-10,12-17,20H2,1-2H3,(H,38,42). The molecule has 0 radical (unpaired) electrons. The molecule has 12 heteroatoms. The van der Waals surface area contributed by atoms with Crippen LogP contribution in [0.4, 0.5) is 18.9 Å². The van der Waals surface area contributed by atoms with Gasteiger partial charge in [0.05, 0.1) is 11.1 Å². The van der Waals surface area contributed by atoms with E-state index >= 15 is 0 Å². The lowest BCUT2D eigenvalue weighted by molar-refractivity contribution is -0.138. The predicted octanol–water partition coefficient (Wildman–Crippen LogP) is 5.75. The van der Waals surface area contributed by atoms with Crippen LogP contribution in [0.15, 0.2) is 54.7 Å². The fraction of sp³-hybridized carbons (Fsp3) is 0.406. The van der Waals surface area contributed by atoms with Gasteiger partial charge in [-0.1, -0.05) is 23.7 Å². The number of pyridine rings is 1. The average Bonchev–Trinajstić information content (AvgIpc) is 3.00. The lowest BCUT2D eigenvalue weighted by Crippen LogP contribution is -2.44. The quantitative estimate of drug-likeness (QED) is 0.336. The Hall–Kier alpha value is -3.67. The molecule has 0 unspecified atom stereocenters. The molecule has 2 aromatic carbocycles. The van der Waals surface area contributed by atoms with E-state index in [1.165, 1.54) is 18.3 Å². The second kappa shape index (κ2) is 13.5. The average molecular weight is 630 g/mol. The van der Waals surface area contributed by atoms with E-state index in [0.717, 1.165) is 24.7 Å². The minimum atomic E-state index is -4.59. The molecule has 0 spiro atoms. The van der Waals surface area contributed by atoms with Gasteiger partial charge < -0.3 is 19.9 Å². The van der Waals surface area contributed by atoms with Gasteiger partial charge in [-0.15, -0.1) is 0 Å². The Morgan fingerprint density at radius 1 is 1.02 bits per heavy atom. The third kappa shape index (κ3) is 7.69. The van der Waals surface area contributed by atoms with Crippen LogP contribution in [0.3, 0.4) is 0 Å². The van der Waals surface area contributed by atoms with Crippen molar-refractivity contribution in [2.45, 2.75) is 38.6 Å². The molecule has 5 rings (SSSR count).